The number of nitro groups is 1. The summed E-state index contributed by atoms with van der Waals surface area (Å²) in [5.74, 6) is -0.181. The van der Waals surface area contributed by atoms with Crippen LogP contribution in [0, 0.1) is 15.9 Å². The van der Waals surface area contributed by atoms with Gasteiger partial charge in [-0.05, 0) is 25.0 Å². The Kier molecular flexibility index (Phi) is 6.54. The van der Waals surface area contributed by atoms with Gasteiger partial charge in [-0.3, -0.25) is 19.8 Å². The summed E-state index contributed by atoms with van der Waals surface area (Å²) >= 11 is 0. The van der Waals surface area contributed by atoms with Crippen LogP contribution >= 0.6 is 0 Å². The first kappa shape index (κ1) is 19.8. The van der Waals surface area contributed by atoms with E-state index in [1.165, 1.54) is 24.3 Å². The zero-order chi connectivity index (χ0) is 19.9. The van der Waals surface area contributed by atoms with Crippen LogP contribution in [0.4, 0.5) is 10.1 Å². The molecule has 1 aliphatic rings. The lowest BCUT2D eigenvalue weighted by atomic mass is 10.0. The molecule has 2 aromatic rings. The predicted molar refractivity (Wildman–Crippen MR) is 101 cm³/mol. The van der Waals surface area contributed by atoms with Gasteiger partial charge in [0.2, 0.25) is 0 Å². The van der Waals surface area contributed by atoms with E-state index in [1.807, 2.05) is 6.07 Å². The van der Waals surface area contributed by atoms with Crippen molar-refractivity contribution in [3.8, 4) is 5.75 Å². The molecule has 0 aliphatic carbocycles. The third-order valence-corrected chi connectivity index (χ3v) is 4.70. The minimum atomic E-state index is -0.512. The molecule has 1 amide bonds. The number of piperidine rings is 1. The van der Waals surface area contributed by atoms with Crippen molar-refractivity contribution in [1.29, 1.82) is 0 Å². The highest BCUT2D eigenvalue weighted by molar-refractivity contribution is 5.77. The van der Waals surface area contributed by atoms with Gasteiger partial charge in [0.1, 0.15) is 11.6 Å². The molecule has 2 aromatic carbocycles. The van der Waals surface area contributed by atoms with E-state index >= 15 is 0 Å². The Hall–Kier alpha value is -3.00. The fourth-order valence-electron chi connectivity index (χ4n) is 3.21. The number of halogens is 1. The van der Waals surface area contributed by atoms with E-state index in [-0.39, 0.29) is 35.8 Å². The molecule has 28 heavy (non-hydrogen) atoms. The molecule has 1 heterocycles. The van der Waals surface area contributed by atoms with E-state index in [2.05, 4.69) is 10.2 Å². The third kappa shape index (κ3) is 5.50. The van der Waals surface area contributed by atoms with Crippen LogP contribution in [0.5, 0.6) is 5.75 Å². The van der Waals surface area contributed by atoms with Crippen LogP contribution in [0.3, 0.4) is 0 Å². The Morgan fingerprint density at radius 1 is 1.21 bits per heavy atom. The van der Waals surface area contributed by atoms with Crippen molar-refractivity contribution in [1.82, 2.24) is 10.2 Å². The molecular formula is C20H22FN3O4. The summed E-state index contributed by atoms with van der Waals surface area (Å²) in [7, 11) is 0. The number of amides is 1. The molecule has 7 nitrogen and oxygen atoms in total. The molecule has 0 aromatic heterocycles. The van der Waals surface area contributed by atoms with Crippen molar-refractivity contribution in [2.24, 2.45) is 0 Å². The molecule has 8 heteroatoms. The molecule has 1 N–H and O–H groups in total. The van der Waals surface area contributed by atoms with Crippen LogP contribution in [0.1, 0.15) is 18.4 Å². The Labute approximate surface area is 162 Å². The number of carbonyl (C=O) groups excluding carboxylic acids is 1. The molecule has 0 unspecified atom stereocenters. The van der Waals surface area contributed by atoms with E-state index < -0.39 is 4.92 Å². The minimum Gasteiger partial charge on any atom is -0.484 e. The molecule has 0 bridgehead atoms. The maximum Gasteiger partial charge on any atom is 0.273 e. The summed E-state index contributed by atoms with van der Waals surface area (Å²) in [6, 6.07) is 12.5. The molecule has 148 valence electrons. The highest BCUT2D eigenvalue weighted by atomic mass is 19.1. The lowest BCUT2D eigenvalue weighted by molar-refractivity contribution is -0.384. The molecule has 0 atom stereocenters. The van der Waals surface area contributed by atoms with Crippen molar-refractivity contribution in [3.05, 3.63) is 70.0 Å². The van der Waals surface area contributed by atoms with Gasteiger partial charge in [-0.1, -0.05) is 24.3 Å². The maximum absolute atomic E-state index is 13.8. The number of nitrogens with zero attached hydrogens (tertiary/aromatic N) is 2. The lowest BCUT2D eigenvalue weighted by Gasteiger charge is -2.32. The summed E-state index contributed by atoms with van der Waals surface area (Å²) < 4.78 is 19.1. The first-order valence-electron chi connectivity index (χ1n) is 9.13. The van der Waals surface area contributed by atoms with Crippen molar-refractivity contribution in [2.45, 2.75) is 25.4 Å². The van der Waals surface area contributed by atoms with Gasteiger partial charge in [-0.25, -0.2) is 4.39 Å². The lowest BCUT2D eigenvalue weighted by Crippen LogP contribution is -2.45. The normalized spacial score (nSPS) is 15.2. The molecule has 0 radical (unpaired) electrons. The maximum atomic E-state index is 13.8. The van der Waals surface area contributed by atoms with Gasteiger partial charge in [0.25, 0.3) is 11.6 Å². The predicted octanol–water partition coefficient (Wildman–Crippen LogP) is 2.89. The van der Waals surface area contributed by atoms with E-state index in [1.54, 1.807) is 18.2 Å². The Bertz CT molecular complexity index is 838. The molecule has 1 aliphatic heterocycles. The van der Waals surface area contributed by atoms with Gasteiger partial charge in [-0.2, -0.15) is 0 Å². The summed E-state index contributed by atoms with van der Waals surface area (Å²) in [5, 5.41) is 13.7. The van der Waals surface area contributed by atoms with Gasteiger partial charge in [0.15, 0.2) is 6.61 Å². The van der Waals surface area contributed by atoms with Crippen LogP contribution in [-0.4, -0.2) is 41.5 Å². The Balaban J connectivity index is 1.41. The molecule has 1 saturated heterocycles. The number of hydrogen-bond donors (Lipinski definition) is 1. The molecule has 0 saturated carbocycles. The van der Waals surface area contributed by atoms with Crippen LogP contribution in [0.2, 0.25) is 0 Å². The van der Waals surface area contributed by atoms with Gasteiger partial charge in [0.05, 0.1) is 11.0 Å². The average Bonchev–Trinajstić information content (AvgIpc) is 2.70. The second kappa shape index (κ2) is 9.27. The van der Waals surface area contributed by atoms with Crippen molar-refractivity contribution >= 4 is 11.6 Å². The molecule has 1 fully saturated rings. The van der Waals surface area contributed by atoms with E-state index in [0.29, 0.717) is 12.1 Å². The Morgan fingerprint density at radius 3 is 2.68 bits per heavy atom. The summed E-state index contributed by atoms with van der Waals surface area (Å²) in [6.07, 6.45) is 1.55. The first-order chi connectivity index (χ1) is 13.5. The highest BCUT2D eigenvalue weighted by Crippen LogP contribution is 2.19. The zero-order valence-electron chi connectivity index (χ0n) is 15.3. The van der Waals surface area contributed by atoms with Crippen molar-refractivity contribution in [2.75, 3.05) is 19.7 Å². The SMILES string of the molecule is O=C(COc1cccc([N+](=O)[O-])c1)NC1CCN(Cc2ccccc2F)CC1. The van der Waals surface area contributed by atoms with E-state index in [9.17, 15) is 19.3 Å². The molecular weight excluding hydrogens is 365 g/mol. The van der Waals surface area contributed by atoms with Crippen LogP contribution in [0.15, 0.2) is 48.5 Å². The molecule has 3 rings (SSSR count). The number of hydrogen-bond acceptors (Lipinski definition) is 5. The number of rotatable bonds is 7. The van der Waals surface area contributed by atoms with Gasteiger partial charge < -0.3 is 10.1 Å². The van der Waals surface area contributed by atoms with Crippen LogP contribution in [-0.2, 0) is 11.3 Å². The van der Waals surface area contributed by atoms with Gasteiger partial charge in [0, 0.05) is 37.3 Å². The topological polar surface area (TPSA) is 84.7 Å². The number of ether oxygens (including phenoxy) is 1. The standard InChI is InChI=1S/C20H22FN3O4/c21-19-7-2-1-4-15(19)13-23-10-8-16(9-11-23)22-20(25)14-28-18-6-3-5-17(12-18)24(26)27/h1-7,12,16H,8-11,13-14H2,(H,22,25). The fourth-order valence-corrected chi connectivity index (χ4v) is 3.21. The third-order valence-electron chi connectivity index (χ3n) is 4.70. The minimum absolute atomic E-state index is 0.0399. The quantitative estimate of drug-likeness (QED) is 0.583. The van der Waals surface area contributed by atoms with Crippen LogP contribution < -0.4 is 10.1 Å². The zero-order valence-corrected chi connectivity index (χ0v) is 15.3. The largest absolute Gasteiger partial charge is 0.484 e. The number of nitro benzene ring substituents is 1. The summed E-state index contributed by atoms with van der Waals surface area (Å²) in [6.45, 7) is 1.90. The Morgan fingerprint density at radius 2 is 1.96 bits per heavy atom. The van der Waals surface area contributed by atoms with E-state index in [0.717, 1.165) is 25.9 Å². The highest BCUT2D eigenvalue weighted by Gasteiger charge is 2.21. The van der Waals surface area contributed by atoms with Crippen molar-refractivity contribution < 1.29 is 18.8 Å². The van der Waals surface area contributed by atoms with Gasteiger partial charge in [-0.15, -0.1) is 0 Å². The number of likely N-dealkylation sites (tertiary alicyclic amines) is 1. The number of carbonyl (C=O) groups is 1. The average molecular weight is 387 g/mol. The summed E-state index contributed by atoms with van der Waals surface area (Å²) in [5.41, 5.74) is 0.593. The fraction of sp³-hybridized carbons (Fsp3) is 0.350. The van der Waals surface area contributed by atoms with Crippen LogP contribution in [0.25, 0.3) is 0 Å². The van der Waals surface area contributed by atoms with Crippen molar-refractivity contribution in [3.63, 3.8) is 0 Å². The monoisotopic (exact) mass is 387 g/mol. The number of benzene rings is 2. The number of nitrogens with one attached hydrogen (secondary N) is 1. The number of non-ortho nitro benzene ring substituents is 1. The van der Waals surface area contributed by atoms with Gasteiger partial charge >= 0.3 is 0 Å². The first-order valence-corrected chi connectivity index (χ1v) is 9.13. The smallest absolute Gasteiger partial charge is 0.273 e. The molecule has 0 spiro atoms. The second-order valence-corrected chi connectivity index (χ2v) is 6.75. The second-order valence-electron chi connectivity index (χ2n) is 6.75. The summed E-state index contributed by atoms with van der Waals surface area (Å²) in [4.78, 5) is 24.5. The van der Waals surface area contributed by atoms with E-state index in [4.69, 9.17) is 4.74 Å².